The topological polar surface area (TPSA) is 61.8 Å². The van der Waals surface area contributed by atoms with Gasteiger partial charge in [0.1, 0.15) is 0 Å². The van der Waals surface area contributed by atoms with E-state index in [0.29, 0.717) is 0 Å². The van der Waals surface area contributed by atoms with E-state index < -0.39 is 0 Å². The number of nitrogens with two attached hydrogens (primary N) is 1. The fourth-order valence-corrected chi connectivity index (χ4v) is 2.28. The van der Waals surface area contributed by atoms with Crippen LogP contribution in [-0.4, -0.2) is 24.1 Å². The summed E-state index contributed by atoms with van der Waals surface area (Å²) in [6.07, 6.45) is 2.12. The van der Waals surface area contributed by atoms with E-state index in [-0.39, 0.29) is 5.84 Å². The molecular weight excluding hydrogens is 294 g/mol. The minimum Gasteiger partial charge on any atom is -0.409 e. The van der Waals surface area contributed by atoms with Crippen LogP contribution in [0.3, 0.4) is 0 Å². The molecule has 0 atom stereocenters. The van der Waals surface area contributed by atoms with Crippen LogP contribution in [0, 0.1) is 0 Å². The maximum atomic E-state index is 8.86. The van der Waals surface area contributed by atoms with Crippen LogP contribution in [0.15, 0.2) is 27.8 Å². The fourth-order valence-electron chi connectivity index (χ4n) is 1.93. The van der Waals surface area contributed by atoms with Gasteiger partial charge in [0.05, 0.1) is 0 Å². The van der Waals surface area contributed by atoms with Crippen LogP contribution < -0.4 is 10.6 Å². The largest absolute Gasteiger partial charge is 0.409 e. The molecule has 1 aromatic carbocycles. The van der Waals surface area contributed by atoms with Crippen molar-refractivity contribution >= 4 is 27.5 Å². The number of hydrogen-bond donors (Lipinski definition) is 2. The van der Waals surface area contributed by atoms with Crippen molar-refractivity contribution in [3.05, 3.63) is 28.2 Å². The van der Waals surface area contributed by atoms with Crippen molar-refractivity contribution < 1.29 is 5.21 Å². The van der Waals surface area contributed by atoms with Gasteiger partial charge in [-0.05, 0) is 31.0 Å². The Hall–Kier alpha value is -1.23. The highest BCUT2D eigenvalue weighted by atomic mass is 79.9. The molecule has 18 heavy (non-hydrogen) atoms. The number of rotatable bonds is 6. The monoisotopic (exact) mass is 313 g/mol. The second kappa shape index (κ2) is 7.26. The summed E-state index contributed by atoms with van der Waals surface area (Å²) in [4.78, 5) is 2.26. The molecule has 0 spiro atoms. The number of amidine groups is 1. The second-order valence-electron chi connectivity index (χ2n) is 4.13. The van der Waals surface area contributed by atoms with Gasteiger partial charge in [0.2, 0.25) is 0 Å². The molecule has 4 nitrogen and oxygen atoms in total. The van der Waals surface area contributed by atoms with Crippen molar-refractivity contribution in [3.63, 3.8) is 0 Å². The molecule has 0 saturated heterocycles. The SMILES string of the molecule is CCCN(CCC)c1cc(Br)ccc1/C(N)=N/O. The first kappa shape index (κ1) is 14.8. The van der Waals surface area contributed by atoms with Gasteiger partial charge < -0.3 is 15.8 Å². The van der Waals surface area contributed by atoms with E-state index in [1.165, 1.54) is 0 Å². The molecule has 0 radical (unpaired) electrons. The van der Waals surface area contributed by atoms with E-state index in [1.807, 2.05) is 18.2 Å². The average Bonchev–Trinajstić information content (AvgIpc) is 2.37. The first-order chi connectivity index (χ1) is 8.63. The smallest absolute Gasteiger partial charge is 0.172 e. The summed E-state index contributed by atoms with van der Waals surface area (Å²) in [7, 11) is 0. The molecule has 1 rings (SSSR count). The molecule has 3 N–H and O–H groups in total. The van der Waals surface area contributed by atoms with Gasteiger partial charge in [0, 0.05) is 28.8 Å². The van der Waals surface area contributed by atoms with Gasteiger partial charge in [0.25, 0.3) is 0 Å². The summed E-state index contributed by atoms with van der Waals surface area (Å²) in [5, 5.41) is 12.0. The Labute approximate surface area is 117 Å². The molecule has 0 aromatic heterocycles. The zero-order chi connectivity index (χ0) is 13.5. The van der Waals surface area contributed by atoms with Crippen molar-refractivity contribution in [2.45, 2.75) is 26.7 Å². The highest BCUT2D eigenvalue weighted by molar-refractivity contribution is 9.10. The van der Waals surface area contributed by atoms with Crippen molar-refractivity contribution in [3.8, 4) is 0 Å². The second-order valence-corrected chi connectivity index (χ2v) is 5.05. The van der Waals surface area contributed by atoms with Crippen LogP contribution in [0.2, 0.25) is 0 Å². The maximum absolute atomic E-state index is 8.86. The molecule has 5 heteroatoms. The number of benzene rings is 1. The van der Waals surface area contributed by atoms with Gasteiger partial charge in [0.15, 0.2) is 5.84 Å². The summed E-state index contributed by atoms with van der Waals surface area (Å²) in [6, 6.07) is 5.78. The van der Waals surface area contributed by atoms with E-state index in [1.54, 1.807) is 0 Å². The summed E-state index contributed by atoms with van der Waals surface area (Å²) in [6.45, 7) is 6.19. The number of anilines is 1. The molecule has 0 aliphatic carbocycles. The zero-order valence-electron chi connectivity index (χ0n) is 10.9. The van der Waals surface area contributed by atoms with E-state index in [2.05, 4.69) is 39.8 Å². The minimum absolute atomic E-state index is 0.148. The van der Waals surface area contributed by atoms with Gasteiger partial charge in [-0.1, -0.05) is 34.9 Å². The molecule has 0 heterocycles. The Balaban J connectivity index is 3.20. The molecule has 0 saturated carbocycles. The molecule has 0 fully saturated rings. The van der Waals surface area contributed by atoms with E-state index >= 15 is 0 Å². The van der Waals surface area contributed by atoms with Crippen molar-refractivity contribution in [1.82, 2.24) is 0 Å². The molecule has 100 valence electrons. The van der Waals surface area contributed by atoms with Crippen LogP contribution in [-0.2, 0) is 0 Å². The Kier molecular flexibility index (Phi) is 5.98. The molecule has 1 aromatic rings. The van der Waals surface area contributed by atoms with Crippen LogP contribution in [0.5, 0.6) is 0 Å². The lowest BCUT2D eigenvalue weighted by Gasteiger charge is -2.26. The summed E-state index contributed by atoms with van der Waals surface area (Å²) in [5.74, 6) is 0.148. The molecular formula is C13H20BrN3O. The predicted molar refractivity (Wildman–Crippen MR) is 79.4 cm³/mol. The van der Waals surface area contributed by atoms with Crippen LogP contribution in [0.25, 0.3) is 0 Å². The van der Waals surface area contributed by atoms with Gasteiger partial charge in [-0.15, -0.1) is 0 Å². The summed E-state index contributed by atoms with van der Waals surface area (Å²) >= 11 is 3.47. The maximum Gasteiger partial charge on any atom is 0.172 e. The van der Waals surface area contributed by atoms with Gasteiger partial charge in [-0.25, -0.2) is 0 Å². The Bertz CT molecular complexity index is 415. The Morgan fingerprint density at radius 3 is 2.44 bits per heavy atom. The summed E-state index contributed by atoms with van der Waals surface area (Å²) < 4.78 is 0.990. The van der Waals surface area contributed by atoms with E-state index in [4.69, 9.17) is 10.9 Å². The van der Waals surface area contributed by atoms with Crippen LogP contribution >= 0.6 is 15.9 Å². The normalized spacial score (nSPS) is 11.6. The average molecular weight is 314 g/mol. The first-order valence-electron chi connectivity index (χ1n) is 6.16. The van der Waals surface area contributed by atoms with Gasteiger partial charge >= 0.3 is 0 Å². The highest BCUT2D eigenvalue weighted by Gasteiger charge is 2.13. The van der Waals surface area contributed by atoms with Crippen molar-refractivity contribution in [1.29, 1.82) is 0 Å². The number of halogens is 1. The number of nitrogens with zero attached hydrogens (tertiary/aromatic N) is 2. The molecule has 0 aliphatic rings. The Morgan fingerprint density at radius 2 is 1.94 bits per heavy atom. The van der Waals surface area contributed by atoms with Crippen LogP contribution in [0.4, 0.5) is 5.69 Å². The van der Waals surface area contributed by atoms with E-state index in [0.717, 1.165) is 41.7 Å². The quantitative estimate of drug-likeness (QED) is 0.367. The third-order valence-electron chi connectivity index (χ3n) is 2.67. The molecule has 0 bridgehead atoms. The number of oxime groups is 1. The van der Waals surface area contributed by atoms with Gasteiger partial charge in [-0.2, -0.15) is 0 Å². The lowest BCUT2D eigenvalue weighted by molar-refractivity contribution is 0.318. The third kappa shape index (κ3) is 3.63. The zero-order valence-corrected chi connectivity index (χ0v) is 12.4. The molecule has 0 aliphatic heterocycles. The highest BCUT2D eigenvalue weighted by Crippen LogP contribution is 2.25. The standard InChI is InChI=1S/C13H20BrN3O/c1-3-7-17(8-4-2)12-9-10(14)5-6-11(12)13(15)16-18/h5-6,9,18H,3-4,7-8H2,1-2H3,(H2,15,16). The van der Waals surface area contributed by atoms with Gasteiger partial charge in [-0.3, -0.25) is 0 Å². The predicted octanol–water partition coefficient (Wildman–Crippen LogP) is 3.17. The molecule has 0 amide bonds. The number of hydrogen-bond acceptors (Lipinski definition) is 3. The van der Waals surface area contributed by atoms with Crippen LogP contribution in [0.1, 0.15) is 32.3 Å². The van der Waals surface area contributed by atoms with Crippen molar-refractivity contribution in [2.75, 3.05) is 18.0 Å². The third-order valence-corrected chi connectivity index (χ3v) is 3.16. The lowest BCUT2D eigenvalue weighted by Crippen LogP contribution is -2.28. The van der Waals surface area contributed by atoms with E-state index in [9.17, 15) is 0 Å². The summed E-state index contributed by atoms with van der Waals surface area (Å²) in [5.41, 5.74) is 7.50. The van der Waals surface area contributed by atoms with Crippen molar-refractivity contribution in [2.24, 2.45) is 10.9 Å². The Morgan fingerprint density at radius 1 is 1.33 bits per heavy atom. The minimum atomic E-state index is 0.148. The molecule has 0 unspecified atom stereocenters. The lowest BCUT2D eigenvalue weighted by atomic mass is 10.1. The fraction of sp³-hybridized carbons (Fsp3) is 0.462. The first-order valence-corrected chi connectivity index (χ1v) is 6.95.